The van der Waals surface area contributed by atoms with Crippen LogP contribution < -0.4 is 15.4 Å². The van der Waals surface area contributed by atoms with Crippen molar-refractivity contribution in [3.63, 3.8) is 0 Å². The molecule has 2 aliphatic rings. The fraction of sp³-hybridized carbons (Fsp3) is 0.653. The molecule has 1 fully saturated rings. The summed E-state index contributed by atoms with van der Waals surface area (Å²) < 4.78 is 71.5. The standard InChI is InChI=1S/C49H72N4O20/c54-44(50-42-6-4-5-41-46(42)49(58)52(48(41)57)43-12-13-45(55)51-47(43)56)7-2-1-3-14-61-15-16-62-17-18-63-19-20-64-21-22-65-23-24-66-25-26-67-27-28-68-29-30-69-31-32-70-33-34-71-35-36-72-37-38-73-40-10-8-39(9-11-40)53(59)60/h4-6,8-11,43H,1-3,7,12-38H2,(H,50,54)(H,51,55,56). The lowest BCUT2D eigenvalue weighted by Crippen LogP contribution is -2.54. The Bertz CT molecular complexity index is 1910. The van der Waals surface area contributed by atoms with E-state index in [1.807, 2.05) is 0 Å². The van der Waals surface area contributed by atoms with Gasteiger partial charge < -0.3 is 66.9 Å². The van der Waals surface area contributed by atoms with Gasteiger partial charge in [-0.05, 0) is 43.5 Å². The summed E-state index contributed by atoms with van der Waals surface area (Å²) in [6, 6.07) is 9.39. The van der Waals surface area contributed by atoms with Gasteiger partial charge >= 0.3 is 0 Å². The van der Waals surface area contributed by atoms with Gasteiger partial charge in [-0.1, -0.05) is 12.5 Å². The number of piperidine rings is 1. The molecule has 408 valence electrons. The molecule has 0 bridgehead atoms. The lowest BCUT2D eigenvalue weighted by Gasteiger charge is -2.27. The Balaban J connectivity index is 0.778. The van der Waals surface area contributed by atoms with Gasteiger partial charge in [-0.15, -0.1) is 0 Å². The van der Waals surface area contributed by atoms with E-state index in [1.54, 1.807) is 24.3 Å². The molecule has 1 saturated heterocycles. The van der Waals surface area contributed by atoms with Crippen molar-refractivity contribution in [3.05, 3.63) is 63.7 Å². The number of nitro benzene ring substituents is 1. The molecule has 5 amide bonds. The minimum atomic E-state index is -1.08. The van der Waals surface area contributed by atoms with Crippen LogP contribution in [0, 0.1) is 10.1 Å². The number of fused-ring (bicyclic) bond motifs is 1. The Morgan fingerprint density at radius 3 is 1.40 bits per heavy atom. The number of anilines is 1. The van der Waals surface area contributed by atoms with Crippen LogP contribution in [0.15, 0.2) is 42.5 Å². The van der Waals surface area contributed by atoms with Crippen LogP contribution in [0.25, 0.3) is 0 Å². The number of non-ortho nitro benzene ring substituents is 1. The smallest absolute Gasteiger partial charge is 0.269 e. The van der Waals surface area contributed by atoms with Crippen LogP contribution in [0.2, 0.25) is 0 Å². The highest BCUT2D eigenvalue weighted by atomic mass is 16.6. The SMILES string of the molecule is O=C1CCC(N2C(=O)c3cccc(NC(=O)CCCCCOCCOCCOCCOCCOCCOCCOCCOCCOCCOCCOCCOCCOc4ccc([N+](=O)[O-])cc4)c3C2=O)C(=O)N1. The van der Waals surface area contributed by atoms with E-state index in [1.165, 1.54) is 18.2 Å². The second kappa shape index (κ2) is 38.5. The van der Waals surface area contributed by atoms with E-state index in [9.17, 15) is 34.1 Å². The van der Waals surface area contributed by atoms with E-state index in [0.717, 1.165) is 17.7 Å². The van der Waals surface area contributed by atoms with Crippen LogP contribution in [0.1, 0.15) is 59.2 Å². The van der Waals surface area contributed by atoms with E-state index >= 15 is 0 Å². The van der Waals surface area contributed by atoms with Crippen molar-refractivity contribution in [1.82, 2.24) is 10.2 Å². The molecule has 0 saturated carbocycles. The number of amides is 5. The molecule has 1 unspecified atom stereocenters. The van der Waals surface area contributed by atoms with Crippen LogP contribution in [-0.2, 0) is 71.2 Å². The summed E-state index contributed by atoms with van der Waals surface area (Å²) in [4.78, 5) is 73.9. The molecule has 24 heteroatoms. The highest BCUT2D eigenvalue weighted by molar-refractivity contribution is 6.26. The topological polar surface area (TPSA) is 276 Å². The Morgan fingerprint density at radius 1 is 0.548 bits per heavy atom. The Labute approximate surface area is 425 Å². The van der Waals surface area contributed by atoms with Gasteiger partial charge in [0.25, 0.3) is 17.5 Å². The molecule has 0 aliphatic carbocycles. The molecular formula is C49H72N4O20. The van der Waals surface area contributed by atoms with E-state index in [-0.39, 0.29) is 47.7 Å². The van der Waals surface area contributed by atoms with Gasteiger partial charge in [0.2, 0.25) is 17.7 Å². The highest BCUT2D eigenvalue weighted by Crippen LogP contribution is 2.32. The van der Waals surface area contributed by atoms with Gasteiger partial charge in [0, 0.05) is 31.6 Å². The number of nitrogens with one attached hydrogen (secondary N) is 2. The molecule has 2 aromatic carbocycles. The molecule has 0 radical (unpaired) electrons. The highest BCUT2D eigenvalue weighted by Gasteiger charge is 2.45. The number of hydrogen-bond donors (Lipinski definition) is 2. The average molecular weight is 1040 g/mol. The first-order valence-electron chi connectivity index (χ1n) is 24.7. The molecule has 2 N–H and O–H groups in total. The first-order valence-corrected chi connectivity index (χ1v) is 24.7. The molecule has 2 aromatic rings. The molecule has 0 spiro atoms. The van der Waals surface area contributed by atoms with Crippen molar-refractivity contribution in [2.45, 2.75) is 44.6 Å². The maximum absolute atomic E-state index is 13.2. The molecule has 73 heavy (non-hydrogen) atoms. The van der Waals surface area contributed by atoms with Gasteiger partial charge in [0.05, 0.1) is 174 Å². The normalized spacial score (nSPS) is 14.5. The van der Waals surface area contributed by atoms with Crippen LogP contribution in [-0.4, -0.2) is 211 Å². The van der Waals surface area contributed by atoms with Crippen molar-refractivity contribution in [1.29, 1.82) is 0 Å². The number of unbranched alkanes of at least 4 members (excludes halogenated alkanes) is 2. The number of carbonyl (C=O) groups excluding carboxylic acids is 5. The molecule has 2 aliphatic heterocycles. The van der Waals surface area contributed by atoms with Crippen LogP contribution in [0.3, 0.4) is 0 Å². The Kier molecular flexibility index (Phi) is 31.9. The third-order valence-electron chi connectivity index (χ3n) is 10.6. The van der Waals surface area contributed by atoms with Crippen LogP contribution >= 0.6 is 0 Å². The lowest BCUT2D eigenvalue weighted by atomic mass is 10.0. The first kappa shape index (κ1) is 60.5. The van der Waals surface area contributed by atoms with Crippen molar-refractivity contribution >= 4 is 40.9 Å². The van der Waals surface area contributed by atoms with Crippen molar-refractivity contribution in [2.24, 2.45) is 0 Å². The minimum Gasteiger partial charge on any atom is -0.491 e. The summed E-state index contributed by atoms with van der Waals surface area (Å²) in [6.07, 6.45) is 2.40. The third kappa shape index (κ3) is 25.6. The van der Waals surface area contributed by atoms with E-state index in [4.69, 9.17) is 61.6 Å². The van der Waals surface area contributed by atoms with Gasteiger partial charge in [-0.3, -0.25) is 44.3 Å². The summed E-state index contributed by atoms with van der Waals surface area (Å²) in [5.41, 5.74) is 0.378. The third-order valence-corrected chi connectivity index (χ3v) is 10.6. The second-order valence-corrected chi connectivity index (χ2v) is 16.0. The average Bonchev–Trinajstić information content (AvgIpc) is 3.64. The predicted molar refractivity (Wildman–Crippen MR) is 259 cm³/mol. The summed E-state index contributed by atoms with van der Waals surface area (Å²) in [7, 11) is 0. The number of benzene rings is 2. The van der Waals surface area contributed by atoms with Crippen molar-refractivity contribution in [2.75, 3.05) is 170 Å². The zero-order valence-electron chi connectivity index (χ0n) is 41.6. The number of nitrogens with zero attached hydrogens (tertiary/aromatic N) is 2. The van der Waals surface area contributed by atoms with E-state index < -0.39 is 34.6 Å². The number of imide groups is 2. The maximum Gasteiger partial charge on any atom is 0.269 e. The first-order chi connectivity index (χ1) is 35.8. The fourth-order valence-corrected chi connectivity index (χ4v) is 6.90. The van der Waals surface area contributed by atoms with Gasteiger partial charge in [0.1, 0.15) is 18.4 Å². The predicted octanol–water partition coefficient (Wildman–Crippen LogP) is 2.77. The number of nitro groups is 1. The summed E-state index contributed by atoms with van der Waals surface area (Å²) in [5, 5.41) is 15.6. The number of rotatable bonds is 46. The molecular weight excluding hydrogens is 965 g/mol. The van der Waals surface area contributed by atoms with Gasteiger partial charge in [-0.2, -0.15) is 0 Å². The molecule has 0 aromatic heterocycles. The number of ether oxygens (including phenoxy) is 13. The maximum atomic E-state index is 13.2. The molecule has 4 rings (SSSR count). The quantitative estimate of drug-likeness (QED) is 0.0417. The summed E-state index contributed by atoms with van der Waals surface area (Å²) in [5.74, 6) is -2.20. The minimum absolute atomic E-state index is 0.0150. The van der Waals surface area contributed by atoms with Gasteiger partial charge in [0.15, 0.2) is 0 Å². The number of carbonyl (C=O) groups is 5. The summed E-state index contributed by atoms with van der Waals surface area (Å²) in [6.45, 7) is 11.1. The lowest BCUT2D eigenvalue weighted by molar-refractivity contribution is -0.384. The second-order valence-electron chi connectivity index (χ2n) is 16.0. The zero-order valence-corrected chi connectivity index (χ0v) is 41.6. The monoisotopic (exact) mass is 1040 g/mol. The van der Waals surface area contributed by atoms with Crippen LogP contribution in [0.5, 0.6) is 5.75 Å². The molecule has 2 heterocycles. The van der Waals surface area contributed by atoms with Gasteiger partial charge in [-0.25, -0.2) is 0 Å². The largest absolute Gasteiger partial charge is 0.491 e. The summed E-state index contributed by atoms with van der Waals surface area (Å²) >= 11 is 0. The molecule has 24 nitrogen and oxygen atoms in total. The van der Waals surface area contributed by atoms with Crippen LogP contribution in [0.4, 0.5) is 11.4 Å². The van der Waals surface area contributed by atoms with Crippen molar-refractivity contribution < 1.29 is 90.5 Å². The van der Waals surface area contributed by atoms with Crippen molar-refractivity contribution in [3.8, 4) is 5.75 Å². The zero-order chi connectivity index (χ0) is 52.0. The van der Waals surface area contributed by atoms with E-state index in [0.29, 0.717) is 177 Å². The van der Waals surface area contributed by atoms with E-state index in [2.05, 4.69) is 10.6 Å². The fourth-order valence-electron chi connectivity index (χ4n) is 6.90. The molecule has 1 atom stereocenters. The Hall–Kier alpha value is -5.09. The number of hydrogen-bond acceptors (Lipinski definition) is 20. The Morgan fingerprint density at radius 2 is 0.973 bits per heavy atom.